The van der Waals surface area contributed by atoms with Crippen molar-refractivity contribution in [2.24, 2.45) is 0 Å². The Bertz CT molecular complexity index is 1570. The lowest BCUT2D eigenvalue weighted by atomic mass is 10.0. The van der Waals surface area contributed by atoms with Crippen LogP contribution in [0.15, 0.2) is 121 Å². The first-order valence-corrected chi connectivity index (χ1v) is 12.0. The monoisotopic (exact) mass is 441 g/mol. The second-order valence-electron chi connectivity index (χ2n) is 8.29. The summed E-state index contributed by atoms with van der Waals surface area (Å²) in [6.45, 7) is 0. The van der Waals surface area contributed by atoms with Gasteiger partial charge in [-0.05, 0) is 57.6 Å². The number of benzene rings is 5. The molecule has 0 spiro atoms. The molecule has 33 heavy (non-hydrogen) atoms. The van der Waals surface area contributed by atoms with Crippen molar-refractivity contribution < 1.29 is 0 Å². The first-order valence-electron chi connectivity index (χ1n) is 11.2. The van der Waals surface area contributed by atoms with Crippen molar-refractivity contribution in [2.75, 3.05) is 11.9 Å². The second kappa shape index (κ2) is 8.23. The highest BCUT2D eigenvalue weighted by Gasteiger charge is 2.11. The highest BCUT2D eigenvalue weighted by molar-refractivity contribution is 7.18. The van der Waals surface area contributed by atoms with Crippen molar-refractivity contribution in [1.29, 1.82) is 0 Å². The van der Waals surface area contributed by atoms with Crippen molar-refractivity contribution >= 4 is 44.3 Å². The number of hydrogen-bond acceptors (Lipinski definition) is 2. The van der Waals surface area contributed by atoms with Crippen LogP contribution < -0.4 is 4.90 Å². The molecule has 158 valence electrons. The Morgan fingerprint density at radius 1 is 0.515 bits per heavy atom. The summed E-state index contributed by atoms with van der Waals surface area (Å²) in [5, 5.41) is 5.12. The van der Waals surface area contributed by atoms with E-state index in [9.17, 15) is 0 Å². The van der Waals surface area contributed by atoms with Gasteiger partial charge in [0.1, 0.15) is 0 Å². The average molecular weight is 442 g/mol. The lowest BCUT2D eigenvalue weighted by Gasteiger charge is -2.21. The largest absolute Gasteiger partial charge is 0.344 e. The molecule has 1 heterocycles. The van der Waals surface area contributed by atoms with Gasteiger partial charge in [-0.3, -0.25) is 0 Å². The van der Waals surface area contributed by atoms with Gasteiger partial charge in [-0.1, -0.05) is 91.0 Å². The van der Waals surface area contributed by atoms with Gasteiger partial charge in [-0.2, -0.15) is 0 Å². The maximum absolute atomic E-state index is 2.27. The molecule has 6 aromatic rings. The molecule has 0 radical (unpaired) electrons. The molecule has 0 amide bonds. The Morgan fingerprint density at radius 2 is 1.12 bits per heavy atom. The minimum Gasteiger partial charge on any atom is -0.344 e. The van der Waals surface area contributed by atoms with E-state index in [4.69, 9.17) is 0 Å². The molecule has 1 nitrogen and oxygen atoms in total. The molecule has 0 aliphatic carbocycles. The van der Waals surface area contributed by atoms with Crippen molar-refractivity contribution in [1.82, 2.24) is 0 Å². The summed E-state index contributed by atoms with van der Waals surface area (Å²) >= 11 is 1.85. The van der Waals surface area contributed by atoms with Crippen LogP contribution in [-0.2, 0) is 0 Å². The van der Waals surface area contributed by atoms with Gasteiger partial charge in [-0.25, -0.2) is 0 Å². The minimum atomic E-state index is 1.18. The summed E-state index contributed by atoms with van der Waals surface area (Å²) in [6.07, 6.45) is 0. The van der Waals surface area contributed by atoms with Crippen LogP contribution >= 0.6 is 11.3 Å². The number of hydrogen-bond donors (Lipinski definition) is 0. The Hall–Kier alpha value is -3.88. The molecule has 1 aromatic heterocycles. The number of anilines is 2. The van der Waals surface area contributed by atoms with Crippen LogP contribution in [0, 0.1) is 0 Å². The van der Waals surface area contributed by atoms with Crippen LogP contribution in [-0.4, -0.2) is 7.05 Å². The third kappa shape index (κ3) is 3.59. The van der Waals surface area contributed by atoms with E-state index in [-0.39, 0.29) is 0 Å². The van der Waals surface area contributed by atoms with Gasteiger partial charge in [0.15, 0.2) is 0 Å². The molecule has 5 aromatic carbocycles. The predicted molar refractivity (Wildman–Crippen MR) is 145 cm³/mol. The zero-order chi connectivity index (χ0) is 22.2. The average Bonchev–Trinajstić information content (AvgIpc) is 3.38. The molecule has 0 fully saturated rings. The molecule has 0 saturated heterocycles. The summed E-state index contributed by atoms with van der Waals surface area (Å²) in [5.41, 5.74) is 4.95. The van der Waals surface area contributed by atoms with Crippen LogP contribution in [0.5, 0.6) is 0 Å². The van der Waals surface area contributed by atoms with E-state index in [0.717, 1.165) is 0 Å². The maximum atomic E-state index is 2.27. The number of fused-ring (bicyclic) bond motifs is 2. The van der Waals surface area contributed by atoms with Gasteiger partial charge in [-0.15, -0.1) is 11.3 Å². The van der Waals surface area contributed by atoms with Crippen LogP contribution in [0.25, 0.3) is 42.4 Å². The fourth-order valence-corrected chi connectivity index (χ4v) is 5.62. The molecule has 0 bridgehead atoms. The van der Waals surface area contributed by atoms with E-state index in [1.165, 1.54) is 53.8 Å². The Balaban J connectivity index is 1.31. The molecule has 0 atom stereocenters. The zero-order valence-electron chi connectivity index (χ0n) is 18.4. The van der Waals surface area contributed by atoms with Gasteiger partial charge in [0.25, 0.3) is 0 Å². The van der Waals surface area contributed by atoms with Gasteiger partial charge in [0, 0.05) is 33.6 Å². The third-order valence-electron chi connectivity index (χ3n) is 6.33. The molecule has 0 unspecified atom stereocenters. The van der Waals surface area contributed by atoms with Gasteiger partial charge < -0.3 is 4.90 Å². The quantitative estimate of drug-likeness (QED) is 0.263. The van der Waals surface area contributed by atoms with Crippen molar-refractivity contribution in [3.05, 3.63) is 121 Å². The number of nitrogens with zero attached hydrogens (tertiary/aromatic N) is 1. The highest BCUT2D eigenvalue weighted by Crippen LogP contribution is 2.38. The molecule has 0 N–H and O–H groups in total. The molecule has 2 heteroatoms. The summed E-state index contributed by atoms with van der Waals surface area (Å²) in [7, 11) is 2.14. The Labute approximate surface area is 198 Å². The third-order valence-corrected chi connectivity index (χ3v) is 7.50. The summed E-state index contributed by atoms with van der Waals surface area (Å²) in [5.74, 6) is 0. The lowest BCUT2D eigenvalue weighted by molar-refractivity contribution is 1.22. The van der Waals surface area contributed by atoms with E-state index < -0.39 is 0 Å². The standard InChI is InChI=1S/C31H23NS/c1-32(29-15-7-11-23-9-3-5-13-27(23)29)25-18-16-24(17-19-25)30-20-21-31(33-30)28-14-6-10-22-8-2-4-12-26(22)28/h2-21H,1H3. The lowest BCUT2D eigenvalue weighted by Crippen LogP contribution is -2.09. The Kier molecular flexibility index (Phi) is 4.93. The van der Waals surface area contributed by atoms with E-state index >= 15 is 0 Å². The van der Waals surface area contributed by atoms with Crippen LogP contribution in [0.1, 0.15) is 0 Å². The minimum absolute atomic E-state index is 1.18. The topological polar surface area (TPSA) is 3.24 Å². The second-order valence-corrected chi connectivity index (χ2v) is 9.38. The fourth-order valence-electron chi connectivity index (χ4n) is 4.57. The first-order chi connectivity index (χ1) is 16.3. The molecular formula is C31H23NS. The molecule has 0 saturated carbocycles. The summed E-state index contributed by atoms with van der Waals surface area (Å²) in [4.78, 5) is 4.86. The zero-order valence-corrected chi connectivity index (χ0v) is 19.2. The van der Waals surface area contributed by atoms with Gasteiger partial charge in [0.05, 0.1) is 0 Å². The number of rotatable bonds is 4. The number of thiophene rings is 1. The van der Waals surface area contributed by atoms with Crippen molar-refractivity contribution in [3.63, 3.8) is 0 Å². The van der Waals surface area contributed by atoms with Crippen LogP contribution in [0.2, 0.25) is 0 Å². The first kappa shape index (κ1) is 19.8. The van der Waals surface area contributed by atoms with Gasteiger partial charge >= 0.3 is 0 Å². The van der Waals surface area contributed by atoms with E-state index in [2.05, 4.69) is 133 Å². The predicted octanol–water partition coefficient (Wildman–Crippen LogP) is 9.16. The summed E-state index contributed by atoms with van der Waals surface area (Å²) in [6, 6.07) is 43.6. The Morgan fingerprint density at radius 3 is 1.91 bits per heavy atom. The smallest absolute Gasteiger partial charge is 0.0487 e. The van der Waals surface area contributed by atoms with E-state index in [0.29, 0.717) is 0 Å². The molecular weight excluding hydrogens is 418 g/mol. The SMILES string of the molecule is CN(c1ccc(-c2ccc(-c3cccc4ccccc34)s2)cc1)c1cccc2ccccc12. The van der Waals surface area contributed by atoms with Crippen LogP contribution in [0.4, 0.5) is 11.4 Å². The van der Waals surface area contributed by atoms with Crippen molar-refractivity contribution in [3.8, 4) is 20.9 Å². The van der Waals surface area contributed by atoms with Crippen LogP contribution in [0.3, 0.4) is 0 Å². The van der Waals surface area contributed by atoms with Crippen molar-refractivity contribution in [2.45, 2.75) is 0 Å². The molecule has 0 aliphatic heterocycles. The van der Waals surface area contributed by atoms with Gasteiger partial charge in [0.2, 0.25) is 0 Å². The maximum Gasteiger partial charge on any atom is 0.0487 e. The molecule has 6 rings (SSSR count). The fraction of sp³-hybridized carbons (Fsp3) is 0.0323. The highest BCUT2D eigenvalue weighted by atomic mass is 32.1. The summed E-state index contributed by atoms with van der Waals surface area (Å²) < 4.78 is 0. The molecule has 0 aliphatic rings. The van der Waals surface area contributed by atoms with E-state index in [1.54, 1.807) is 0 Å². The van der Waals surface area contributed by atoms with E-state index in [1.807, 2.05) is 11.3 Å². The normalized spacial score (nSPS) is 11.2.